The summed E-state index contributed by atoms with van der Waals surface area (Å²) in [6.45, 7) is 4.51. The van der Waals surface area contributed by atoms with Crippen molar-refractivity contribution in [3.05, 3.63) is 82.6 Å². The fraction of sp³-hybridized carbons (Fsp3) is 0.412. The third-order valence-electron chi connectivity index (χ3n) is 8.33. The topological polar surface area (TPSA) is 150 Å². The molecule has 272 valence electrons. The zero-order valence-electron chi connectivity index (χ0n) is 28.4. The summed E-state index contributed by atoms with van der Waals surface area (Å²) >= 11 is 6.48. The SMILES string of the molecule is CC(C)(C)C[C@]1(c2ccc(-c3ncccn3)cc2)N=C(N)N([C@H](COC(=O)NC(C)(C)C(F)F)c2ccc(Cl)c(C3N=CNN3C(F)F)c2)C1=O. The maximum absolute atomic E-state index is 14.9. The molecule has 0 aliphatic carbocycles. The quantitative estimate of drug-likeness (QED) is 0.157. The van der Waals surface area contributed by atoms with Gasteiger partial charge in [-0.05, 0) is 55.0 Å². The molecule has 0 saturated carbocycles. The number of amides is 2. The number of carbonyl (C=O) groups excluding carboxylic acids is 2. The smallest absolute Gasteiger partial charge is 0.407 e. The number of nitrogens with one attached hydrogen (secondary N) is 2. The summed E-state index contributed by atoms with van der Waals surface area (Å²) in [6.07, 6.45) is -0.831. The molecule has 1 unspecified atom stereocenters. The maximum atomic E-state index is 14.9. The first-order chi connectivity index (χ1) is 23.9. The number of alkyl carbamates (subject to hydrolysis) is 1. The van der Waals surface area contributed by atoms with Crippen molar-refractivity contribution in [1.29, 1.82) is 0 Å². The number of ether oxygens (including phenoxy) is 1. The lowest BCUT2D eigenvalue weighted by molar-refractivity contribution is -0.135. The van der Waals surface area contributed by atoms with Crippen LogP contribution in [0.15, 0.2) is 70.9 Å². The van der Waals surface area contributed by atoms with Gasteiger partial charge in [0.25, 0.3) is 12.3 Å². The molecule has 0 bridgehead atoms. The Balaban J connectivity index is 1.57. The van der Waals surface area contributed by atoms with Crippen LogP contribution in [0.1, 0.15) is 69.9 Å². The number of rotatable bonds is 11. The van der Waals surface area contributed by atoms with Gasteiger partial charge in [0.2, 0.25) is 0 Å². The minimum Gasteiger partial charge on any atom is -0.447 e. The molecule has 12 nitrogen and oxygen atoms in total. The molecule has 3 aromatic rings. The van der Waals surface area contributed by atoms with E-state index in [0.29, 0.717) is 22.0 Å². The van der Waals surface area contributed by atoms with E-state index in [1.807, 2.05) is 20.8 Å². The van der Waals surface area contributed by atoms with E-state index in [0.717, 1.165) is 20.2 Å². The van der Waals surface area contributed by atoms with E-state index in [-0.39, 0.29) is 28.5 Å². The Morgan fingerprint density at radius 3 is 2.35 bits per heavy atom. The van der Waals surface area contributed by atoms with Crippen LogP contribution in [-0.2, 0) is 15.1 Å². The molecule has 3 heterocycles. The Kier molecular flexibility index (Phi) is 10.6. The number of carbonyl (C=O) groups is 2. The zero-order valence-corrected chi connectivity index (χ0v) is 29.2. The number of hydrazine groups is 1. The van der Waals surface area contributed by atoms with Crippen LogP contribution in [0.5, 0.6) is 0 Å². The van der Waals surface area contributed by atoms with E-state index in [1.54, 1.807) is 42.7 Å². The van der Waals surface area contributed by atoms with E-state index in [9.17, 15) is 27.2 Å². The van der Waals surface area contributed by atoms with Gasteiger partial charge in [-0.25, -0.2) is 33.5 Å². The molecule has 0 fully saturated rings. The molecule has 3 atom stereocenters. The van der Waals surface area contributed by atoms with Crippen LogP contribution in [0.2, 0.25) is 5.02 Å². The third-order valence-corrected chi connectivity index (χ3v) is 8.67. The fourth-order valence-corrected chi connectivity index (χ4v) is 6.13. The highest BCUT2D eigenvalue weighted by atomic mass is 35.5. The summed E-state index contributed by atoms with van der Waals surface area (Å²) in [4.78, 5) is 46.3. The maximum Gasteiger partial charge on any atom is 0.407 e. The fourth-order valence-electron chi connectivity index (χ4n) is 5.92. The van der Waals surface area contributed by atoms with Gasteiger partial charge in [-0.15, -0.1) is 5.01 Å². The van der Waals surface area contributed by atoms with Gasteiger partial charge < -0.3 is 21.2 Å². The third kappa shape index (κ3) is 7.91. The van der Waals surface area contributed by atoms with Gasteiger partial charge in [0, 0.05) is 28.5 Å². The van der Waals surface area contributed by atoms with Gasteiger partial charge in [-0.2, -0.15) is 8.78 Å². The van der Waals surface area contributed by atoms with Crippen LogP contribution in [0.4, 0.5) is 22.4 Å². The molecule has 0 saturated heterocycles. The van der Waals surface area contributed by atoms with Gasteiger partial charge in [-0.1, -0.05) is 62.7 Å². The van der Waals surface area contributed by atoms with Crippen molar-refractivity contribution in [3.8, 4) is 11.4 Å². The number of alkyl halides is 4. The predicted molar refractivity (Wildman–Crippen MR) is 183 cm³/mol. The van der Waals surface area contributed by atoms with Crippen molar-refractivity contribution < 1.29 is 31.9 Å². The average Bonchev–Trinajstić information content (AvgIpc) is 3.65. The summed E-state index contributed by atoms with van der Waals surface area (Å²) in [5.74, 6) is -0.299. The van der Waals surface area contributed by atoms with Crippen LogP contribution >= 0.6 is 11.6 Å². The number of aliphatic imine (C=N–C) groups is 2. The summed E-state index contributed by atoms with van der Waals surface area (Å²) in [6, 6.07) is 11.9. The van der Waals surface area contributed by atoms with Crippen LogP contribution < -0.4 is 16.5 Å². The molecular weight excluding hydrogens is 694 g/mol. The van der Waals surface area contributed by atoms with E-state index in [4.69, 9.17) is 27.1 Å². The van der Waals surface area contributed by atoms with Crippen LogP contribution in [0.3, 0.4) is 0 Å². The van der Waals surface area contributed by atoms with Crippen molar-refractivity contribution in [1.82, 2.24) is 30.6 Å². The molecule has 1 aromatic heterocycles. The number of hydrogen-bond donors (Lipinski definition) is 3. The Hall–Kier alpha value is -4.83. The Bertz CT molecular complexity index is 1810. The summed E-state index contributed by atoms with van der Waals surface area (Å²) in [5, 5.41) is 2.79. The highest BCUT2D eigenvalue weighted by Gasteiger charge is 2.53. The first kappa shape index (κ1) is 37.4. The molecule has 0 radical (unpaired) electrons. The van der Waals surface area contributed by atoms with E-state index in [1.165, 1.54) is 23.1 Å². The number of aromatic nitrogens is 2. The lowest BCUT2D eigenvalue weighted by Crippen LogP contribution is -2.50. The monoisotopic (exact) mass is 731 g/mol. The summed E-state index contributed by atoms with van der Waals surface area (Å²) in [7, 11) is 0. The standard InChI is InChI=1S/C34H38ClF4N9O3/c1-32(2,3)17-34(21-10-7-19(8-11-21)25-41-13-6-14-42-25)28(49)47(30(40)45-34)24(16-51-31(50)46-33(4,5)27(36)37)20-9-12-23(35)22(15-20)26-43-18-44-48(26)29(38)39/h6-15,18,24,26-27,29H,16-17H2,1-5H3,(H2,40,45)(H,43,44)(H,46,50)/t24-,26?,34-/m1/s1. The Labute approximate surface area is 297 Å². The molecule has 2 aliphatic rings. The van der Waals surface area contributed by atoms with Crippen LogP contribution in [-0.4, -0.2) is 69.3 Å². The Morgan fingerprint density at radius 1 is 1.08 bits per heavy atom. The number of hydrogen-bond acceptors (Lipinski definition) is 10. The van der Waals surface area contributed by atoms with Crippen LogP contribution in [0, 0.1) is 5.41 Å². The average molecular weight is 732 g/mol. The first-order valence-electron chi connectivity index (χ1n) is 15.9. The number of guanidine groups is 1. The number of nitrogens with zero attached hydrogens (tertiary/aromatic N) is 6. The van der Waals surface area contributed by atoms with E-state index in [2.05, 4.69) is 25.7 Å². The van der Waals surface area contributed by atoms with Crippen molar-refractivity contribution in [2.45, 2.75) is 77.3 Å². The number of nitrogens with two attached hydrogens (primary N) is 1. The molecule has 2 aliphatic heterocycles. The highest BCUT2D eigenvalue weighted by Crippen LogP contribution is 2.45. The molecule has 4 N–H and O–H groups in total. The van der Waals surface area contributed by atoms with Gasteiger partial charge >= 0.3 is 12.6 Å². The van der Waals surface area contributed by atoms with E-state index >= 15 is 0 Å². The van der Waals surface area contributed by atoms with E-state index < -0.39 is 60.3 Å². The lowest BCUT2D eigenvalue weighted by atomic mass is 9.75. The van der Waals surface area contributed by atoms with Gasteiger partial charge in [0.15, 0.2) is 23.5 Å². The lowest BCUT2D eigenvalue weighted by Gasteiger charge is -2.35. The Morgan fingerprint density at radius 2 is 1.75 bits per heavy atom. The van der Waals surface area contributed by atoms with Crippen molar-refractivity contribution in [2.75, 3.05) is 6.61 Å². The van der Waals surface area contributed by atoms with Gasteiger partial charge in [0.1, 0.15) is 6.61 Å². The predicted octanol–water partition coefficient (Wildman–Crippen LogP) is 6.17. The molecule has 2 aromatic carbocycles. The molecule has 0 spiro atoms. The summed E-state index contributed by atoms with van der Waals surface area (Å²) in [5.41, 5.74) is 6.61. The highest BCUT2D eigenvalue weighted by molar-refractivity contribution is 6.31. The van der Waals surface area contributed by atoms with Crippen molar-refractivity contribution in [3.63, 3.8) is 0 Å². The molecule has 5 rings (SSSR count). The normalized spacial score (nSPS) is 20.2. The number of benzene rings is 2. The summed E-state index contributed by atoms with van der Waals surface area (Å²) < 4.78 is 60.3. The van der Waals surface area contributed by atoms with Gasteiger partial charge in [-0.3, -0.25) is 9.69 Å². The van der Waals surface area contributed by atoms with Gasteiger partial charge in [0.05, 0.1) is 17.9 Å². The second kappa shape index (κ2) is 14.4. The minimum absolute atomic E-state index is 0.0882. The second-order valence-electron chi connectivity index (χ2n) is 13.9. The zero-order chi connectivity index (χ0) is 37.3. The van der Waals surface area contributed by atoms with Crippen molar-refractivity contribution in [2.24, 2.45) is 21.1 Å². The molecule has 51 heavy (non-hydrogen) atoms. The number of halogens is 5. The van der Waals surface area contributed by atoms with Crippen molar-refractivity contribution >= 4 is 35.9 Å². The first-order valence-corrected chi connectivity index (χ1v) is 16.2. The second-order valence-corrected chi connectivity index (χ2v) is 14.3. The molecule has 2 amide bonds. The molecule has 17 heteroatoms. The largest absolute Gasteiger partial charge is 0.447 e. The molecular formula is C34H38ClF4N9O3. The van der Waals surface area contributed by atoms with Crippen LogP contribution in [0.25, 0.3) is 11.4 Å². The minimum atomic E-state index is -2.96.